The van der Waals surface area contributed by atoms with E-state index in [4.69, 9.17) is 4.74 Å². The minimum Gasteiger partial charge on any atom is -0.492 e. The molecule has 1 aromatic rings. The fourth-order valence-corrected chi connectivity index (χ4v) is 3.09. The van der Waals surface area contributed by atoms with Gasteiger partial charge in [0.25, 0.3) is 0 Å². The van der Waals surface area contributed by atoms with Crippen molar-refractivity contribution in [2.45, 2.75) is 46.1 Å². The van der Waals surface area contributed by atoms with Gasteiger partial charge in [0.2, 0.25) is 0 Å². The van der Waals surface area contributed by atoms with E-state index in [1.165, 1.54) is 24.8 Å². The Balaban J connectivity index is 1.67. The van der Waals surface area contributed by atoms with Crippen LogP contribution in [0.3, 0.4) is 0 Å². The SMILES string of the molecule is Cc1cccc(OCCNC2CCC(C)CC2C)c1. The van der Waals surface area contributed by atoms with Crippen LogP contribution in [0.1, 0.15) is 38.7 Å². The van der Waals surface area contributed by atoms with Gasteiger partial charge in [0.1, 0.15) is 12.4 Å². The largest absolute Gasteiger partial charge is 0.492 e. The minimum atomic E-state index is 0.678. The average molecular weight is 261 g/mol. The number of hydrogen-bond donors (Lipinski definition) is 1. The summed E-state index contributed by atoms with van der Waals surface area (Å²) >= 11 is 0. The minimum absolute atomic E-state index is 0.678. The monoisotopic (exact) mass is 261 g/mol. The standard InChI is InChI=1S/C17H27NO/c1-13-5-4-6-16(12-13)19-10-9-18-17-8-7-14(2)11-15(17)3/h4-6,12,14-15,17-18H,7-11H2,1-3H3. The molecule has 2 heteroatoms. The second kappa shape index (κ2) is 6.95. The molecule has 0 aliphatic heterocycles. The van der Waals surface area contributed by atoms with Crippen LogP contribution in [0.2, 0.25) is 0 Å². The van der Waals surface area contributed by atoms with E-state index in [0.717, 1.165) is 30.7 Å². The summed E-state index contributed by atoms with van der Waals surface area (Å²) in [6.07, 6.45) is 4.03. The summed E-state index contributed by atoms with van der Waals surface area (Å²) in [4.78, 5) is 0. The maximum absolute atomic E-state index is 5.77. The van der Waals surface area contributed by atoms with Crippen LogP contribution in [0.15, 0.2) is 24.3 Å². The Bertz CT molecular complexity index is 391. The molecule has 0 spiro atoms. The lowest BCUT2D eigenvalue weighted by molar-refractivity contribution is 0.215. The van der Waals surface area contributed by atoms with Gasteiger partial charge in [0, 0.05) is 12.6 Å². The van der Waals surface area contributed by atoms with Crippen LogP contribution in [0.5, 0.6) is 5.75 Å². The topological polar surface area (TPSA) is 21.3 Å². The van der Waals surface area contributed by atoms with Gasteiger partial charge in [0.05, 0.1) is 0 Å². The molecule has 0 amide bonds. The first-order valence-corrected chi connectivity index (χ1v) is 7.58. The first kappa shape index (κ1) is 14.4. The molecule has 0 aromatic heterocycles. The molecule has 1 aliphatic rings. The molecule has 1 aromatic carbocycles. The number of aryl methyl sites for hydroxylation is 1. The van der Waals surface area contributed by atoms with E-state index in [2.05, 4.69) is 38.2 Å². The normalized spacial score (nSPS) is 27.2. The van der Waals surface area contributed by atoms with E-state index in [9.17, 15) is 0 Å². The van der Waals surface area contributed by atoms with Crippen LogP contribution in [0, 0.1) is 18.8 Å². The quantitative estimate of drug-likeness (QED) is 0.814. The number of hydrogen-bond acceptors (Lipinski definition) is 2. The van der Waals surface area contributed by atoms with E-state index in [1.54, 1.807) is 0 Å². The molecule has 0 heterocycles. The predicted molar refractivity (Wildman–Crippen MR) is 80.6 cm³/mol. The van der Waals surface area contributed by atoms with Crippen molar-refractivity contribution in [3.63, 3.8) is 0 Å². The molecule has 1 N–H and O–H groups in total. The Morgan fingerprint density at radius 2 is 2.11 bits per heavy atom. The van der Waals surface area contributed by atoms with Gasteiger partial charge in [-0.25, -0.2) is 0 Å². The molecule has 2 nitrogen and oxygen atoms in total. The Morgan fingerprint density at radius 3 is 2.84 bits per heavy atom. The molecule has 3 unspecified atom stereocenters. The zero-order valence-electron chi connectivity index (χ0n) is 12.5. The van der Waals surface area contributed by atoms with Gasteiger partial charge < -0.3 is 10.1 Å². The van der Waals surface area contributed by atoms with Crippen LogP contribution >= 0.6 is 0 Å². The molecule has 106 valence electrons. The number of nitrogens with one attached hydrogen (secondary N) is 1. The van der Waals surface area contributed by atoms with Crippen LogP contribution in [0.25, 0.3) is 0 Å². The van der Waals surface area contributed by atoms with Crippen molar-refractivity contribution in [3.05, 3.63) is 29.8 Å². The second-order valence-corrected chi connectivity index (χ2v) is 6.12. The van der Waals surface area contributed by atoms with Gasteiger partial charge in [-0.15, -0.1) is 0 Å². The summed E-state index contributed by atoms with van der Waals surface area (Å²) in [5.41, 5.74) is 1.25. The summed E-state index contributed by atoms with van der Waals surface area (Å²) in [6, 6.07) is 8.93. The Kier molecular flexibility index (Phi) is 5.26. The van der Waals surface area contributed by atoms with E-state index >= 15 is 0 Å². The smallest absolute Gasteiger partial charge is 0.119 e. The fourth-order valence-electron chi connectivity index (χ4n) is 3.09. The summed E-state index contributed by atoms with van der Waals surface area (Å²) in [5, 5.41) is 3.65. The van der Waals surface area contributed by atoms with Gasteiger partial charge in [-0.2, -0.15) is 0 Å². The highest BCUT2D eigenvalue weighted by molar-refractivity contribution is 5.27. The van der Waals surface area contributed by atoms with E-state index in [-0.39, 0.29) is 0 Å². The maximum atomic E-state index is 5.77. The van der Waals surface area contributed by atoms with Gasteiger partial charge in [0.15, 0.2) is 0 Å². The molecule has 2 rings (SSSR count). The lowest BCUT2D eigenvalue weighted by Gasteiger charge is -2.33. The van der Waals surface area contributed by atoms with Crippen LogP contribution in [-0.4, -0.2) is 19.2 Å². The predicted octanol–water partition coefficient (Wildman–Crippen LogP) is 3.79. The van der Waals surface area contributed by atoms with Crippen molar-refractivity contribution < 1.29 is 4.74 Å². The van der Waals surface area contributed by atoms with Crippen LogP contribution in [0.4, 0.5) is 0 Å². The molecular formula is C17H27NO. The van der Waals surface area contributed by atoms with Crippen molar-refractivity contribution in [1.82, 2.24) is 5.32 Å². The maximum Gasteiger partial charge on any atom is 0.119 e. The van der Waals surface area contributed by atoms with Gasteiger partial charge in [-0.1, -0.05) is 26.0 Å². The third kappa shape index (κ3) is 4.54. The molecule has 1 saturated carbocycles. The Hall–Kier alpha value is -1.02. The van der Waals surface area contributed by atoms with Gasteiger partial charge >= 0.3 is 0 Å². The first-order valence-electron chi connectivity index (χ1n) is 7.58. The third-order valence-electron chi connectivity index (χ3n) is 4.20. The molecule has 3 atom stereocenters. The van der Waals surface area contributed by atoms with E-state index in [1.807, 2.05) is 12.1 Å². The second-order valence-electron chi connectivity index (χ2n) is 6.12. The highest BCUT2D eigenvalue weighted by Crippen LogP contribution is 2.28. The number of benzene rings is 1. The third-order valence-corrected chi connectivity index (χ3v) is 4.20. The van der Waals surface area contributed by atoms with Crippen molar-refractivity contribution in [2.75, 3.05) is 13.2 Å². The molecule has 19 heavy (non-hydrogen) atoms. The zero-order chi connectivity index (χ0) is 13.7. The highest BCUT2D eigenvalue weighted by Gasteiger charge is 2.24. The number of rotatable bonds is 5. The summed E-state index contributed by atoms with van der Waals surface area (Å²) in [5.74, 6) is 2.67. The summed E-state index contributed by atoms with van der Waals surface area (Å²) in [7, 11) is 0. The molecule has 0 bridgehead atoms. The summed E-state index contributed by atoms with van der Waals surface area (Å²) < 4.78 is 5.77. The highest BCUT2D eigenvalue weighted by atomic mass is 16.5. The Morgan fingerprint density at radius 1 is 1.26 bits per heavy atom. The molecule has 0 radical (unpaired) electrons. The molecule has 1 fully saturated rings. The van der Waals surface area contributed by atoms with Crippen LogP contribution in [-0.2, 0) is 0 Å². The summed E-state index contributed by atoms with van der Waals surface area (Å²) in [6.45, 7) is 8.53. The van der Waals surface area contributed by atoms with E-state index in [0.29, 0.717) is 6.04 Å². The van der Waals surface area contributed by atoms with E-state index < -0.39 is 0 Å². The van der Waals surface area contributed by atoms with Crippen molar-refractivity contribution in [1.29, 1.82) is 0 Å². The lowest BCUT2D eigenvalue weighted by Crippen LogP contribution is -2.40. The van der Waals surface area contributed by atoms with Crippen molar-refractivity contribution >= 4 is 0 Å². The number of ether oxygens (including phenoxy) is 1. The lowest BCUT2D eigenvalue weighted by atomic mass is 9.80. The van der Waals surface area contributed by atoms with Crippen molar-refractivity contribution in [2.24, 2.45) is 11.8 Å². The average Bonchev–Trinajstić information content (AvgIpc) is 2.37. The Labute approximate surface area is 117 Å². The van der Waals surface area contributed by atoms with Crippen LogP contribution < -0.4 is 10.1 Å². The zero-order valence-corrected chi connectivity index (χ0v) is 12.5. The van der Waals surface area contributed by atoms with Gasteiger partial charge in [-0.3, -0.25) is 0 Å². The van der Waals surface area contributed by atoms with Gasteiger partial charge in [-0.05, 0) is 55.7 Å². The first-order chi connectivity index (χ1) is 9.15. The fraction of sp³-hybridized carbons (Fsp3) is 0.647. The molecule has 0 saturated heterocycles. The molecule has 1 aliphatic carbocycles. The van der Waals surface area contributed by atoms with Crippen molar-refractivity contribution in [3.8, 4) is 5.75 Å². The molecular weight excluding hydrogens is 234 g/mol.